The van der Waals surface area contributed by atoms with Crippen molar-refractivity contribution in [3.8, 4) is 0 Å². The van der Waals surface area contributed by atoms with E-state index in [9.17, 15) is 4.91 Å². The van der Waals surface area contributed by atoms with E-state index in [-0.39, 0.29) is 6.10 Å². The molecule has 0 aliphatic rings. The molecule has 98 valence electrons. The quantitative estimate of drug-likeness (QED) is 0.278. The van der Waals surface area contributed by atoms with E-state index in [2.05, 4.69) is 17.1 Å². The Kier molecular flexibility index (Phi) is 12.3. The molecular weight excluding hydrogens is 237 g/mol. The third kappa shape index (κ3) is 29.2. The van der Waals surface area contributed by atoms with Gasteiger partial charge in [0.05, 0.1) is 0 Å². The Morgan fingerprint density at radius 2 is 1.75 bits per heavy atom. The zero-order valence-corrected chi connectivity index (χ0v) is 10.5. The topological polar surface area (TPSA) is 116 Å². The van der Waals surface area contributed by atoms with Crippen LogP contribution in [0.1, 0.15) is 46.0 Å². The van der Waals surface area contributed by atoms with Crippen LogP contribution in [0.2, 0.25) is 0 Å². The van der Waals surface area contributed by atoms with Crippen molar-refractivity contribution in [1.82, 2.24) is 0 Å². The van der Waals surface area contributed by atoms with Crippen LogP contribution in [0.5, 0.6) is 0 Å². The molecular formula is C8H20NO6P. The molecule has 0 aliphatic heterocycles. The molecule has 0 bridgehead atoms. The number of unbranched alkanes of at least 4 members (excludes halogenated alkanes) is 3. The number of nitrogens with zero attached hydrogens (tertiary/aromatic N) is 1. The highest BCUT2D eigenvalue weighted by molar-refractivity contribution is 7.45. The fourth-order valence-electron chi connectivity index (χ4n) is 0.985. The van der Waals surface area contributed by atoms with Gasteiger partial charge in [-0.2, -0.15) is 0 Å². The van der Waals surface area contributed by atoms with Gasteiger partial charge in [-0.05, 0) is 19.8 Å². The molecule has 0 saturated carbocycles. The molecule has 8 heteroatoms. The van der Waals surface area contributed by atoms with E-state index >= 15 is 0 Å². The maximum absolute atomic E-state index is 9.63. The predicted octanol–water partition coefficient (Wildman–Crippen LogP) is 2.11. The second-order valence-corrected chi connectivity index (χ2v) is 4.38. The Hall–Kier alpha value is -0.490. The SMILES string of the molecule is CCCCCCC(C)ON=O.O=P(O)(O)O. The minimum atomic E-state index is -4.64. The summed E-state index contributed by atoms with van der Waals surface area (Å²) in [6.45, 7) is 4.04. The van der Waals surface area contributed by atoms with Crippen LogP contribution in [0, 0.1) is 4.91 Å². The standard InChI is InChI=1S/C8H17NO2.H3O4P/c1-3-4-5-6-7-8(2)11-9-10;1-5(2,3)4/h8H,3-7H2,1-2H3;(H3,1,2,3,4). The lowest BCUT2D eigenvalue weighted by atomic mass is 10.1. The summed E-state index contributed by atoms with van der Waals surface area (Å²) < 4.78 is 8.88. The number of hydrogen-bond acceptors (Lipinski definition) is 4. The summed E-state index contributed by atoms with van der Waals surface area (Å²) in [5, 5.41) is 2.38. The van der Waals surface area contributed by atoms with E-state index in [0.717, 1.165) is 12.8 Å². The van der Waals surface area contributed by atoms with Crippen molar-refractivity contribution in [2.45, 2.75) is 52.1 Å². The lowest BCUT2D eigenvalue weighted by molar-refractivity contribution is 0.0607. The molecule has 1 unspecified atom stereocenters. The van der Waals surface area contributed by atoms with Gasteiger partial charge in [-0.1, -0.05) is 26.2 Å². The second kappa shape index (κ2) is 11.0. The molecule has 0 heterocycles. The Morgan fingerprint density at radius 3 is 2.12 bits per heavy atom. The second-order valence-electron chi connectivity index (χ2n) is 3.35. The van der Waals surface area contributed by atoms with E-state index < -0.39 is 7.82 Å². The van der Waals surface area contributed by atoms with Crippen molar-refractivity contribution in [3.63, 3.8) is 0 Å². The van der Waals surface area contributed by atoms with E-state index in [1.165, 1.54) is 19.3 Å². The molecule has 1 atom stereocenters. The van der Waals surface area contributed by atoms with E-state index in [1.807, 2.05) is 6.92 Å². The van der Waals surface area contributed by atoms with E-state index in [4.69, 9.17) is 19.2 Å². The number of phosphoric acid groups is 1. The van der Waals surface area contributed by atoms with Gasteiger partial charge in [-0.25, -0.2) is 4.57 Å². The zero-order valence-electron chi connectivity index (χ0n) is 9.57. The Morgan fingerprint density at radius 1 is 1.25 bits per heavy atom. The molecule has 0 spiro atoms. The minimum Gasteiger partial charge on any atom is -0.361 e. The first-order valence-electron chi connectivity index (χ1n) is 5.08. The van der Waals surface area contributed by atoms with Gasteiger partial charge in [-0.3, -0.25) is 0 Å². The van der Waals surface area contributed by atoms with Crippen LogP contribution in [0.3, 0.4) is 0 Å². The minimum absolute atomic E-state index is 0.00986. The molecule has 0 saturated heterocycles. The molecule has 0 aromatic heterocycles. The summed E-state index contributed by atoms with van der Waals surface area (Å²) >= 11 is 0. The lowest BCUT2D eigenvalue weighted by Crippen LogP contribution is -2.02. The van der Waals surface area contributed by atoms with Gasteiger partial charge in [-0.15, -0.1) is 4.91 Å². The molecule has 16 heavy (non-hydrogen) atoms. The van der Waals surface area contributed by atoms with Crippen molar-refractivity contribution in [2.75, 3.05) is 0 Å². The molecule has 0 radical (unpaired) electrons. The van der Waals surface area contributed by atoms with E-state index in [0.29, 0.717) is 0 Å². The fourth-order valence-corrected chi connectivity index (χ4v) is 0.985. The highest BCUT2D eigenvalue weighted by atomic mass is 31.2. The molecule has 0 aliphatic carbocycles. The van der Waals surface area contributed by atoms with Crippen molar-refractivity contribution < 1.29 is 24.1 Å². The van der Waals surface area contributed by atoms with Crippen LogP contribution in [0.4, 0.5) is 0 Å². The Labute approximate surface area is 95.0 Å². The fraction of sp³-hybridized carbons (Fsp3) is 1.00. The van der Waals surface area contributed by atoms with E-state index in [1.54, 1.807) is 0 Å². The molecule has 0 rings (SSSR count). The molecule has 0 amide bonds. The lowest BCUT2D eigenvalue weighted by Gasteiger charge is -2.05. The highest BCUT2D eigenvalue weighted by Crippen LogP contribution is 2.25. The van der Waals surface area contributed by atoms with Crippen LogP contribution in [0.25, 0.3) is 0 Å². The van der Waals surface area contributed by atoms with Crippen LogP contribution in [-0.4, -0.2) is 20.8 Å². The van der Waals surface area contributed by atoms with Crippen LogP contribution in [0.15, 0.2) is 5.34 Å². The molecule has 0 aromatic rings. The van der Waals surface area contributed by atoms with Crippen molar-refractivity contribution in [3.05, 3.63) is 4.91 Å². The maximum atomic E-state index is 9.63. The first kappa shape index (κ1) is 17.9. The molecule has 0 fully saturated rings. The van der Waals surface area contributed by atoms with Gasteiger partial charge in [0.2, 0.25) is 0 Å². The number of rotatable bonds is 7. The summed E-state index contributed by atoms with van der Waals surface area (Å²) in [6.07, 6.45) is 5.78. The first-order valence-corrected chi connectivity index (χ1v) is 6.64. The summed E-state index contributed by atoms with van der Waals surface area (Å²) in [4.78, 5) is 35.7. The highest BCUT2D eigenvalue weighted by Gasteiger charge is 2.01. The van der Waals surface area contributed by atoms with Crippen LogP contribution in [-0.2, 0) is 9.40 Å². The summed E-state index contributed by atoms with van der Waals surface area (Å²) in [6, 6.07) is 0. The molecule has 7 nitrogen and oxygen atoms in total. The van der Waals surface area contributed by atoms with Gasteiger partial charge in [0.1, 0.15) is 6.10 Å². The smallest absolute Gasteiger partial charge is 0.361 e. The van der Waals surface area contributed by atoms with Gasteiger partial charge in [0.25, 0.3) is 0 Å². The third-order valence-electron chi connectivity index (χ3n) is 1.69. The third-order valence-corrected chi connectivity index (χ3v) is 1.69. The maximum Gasteiger partial charge on any atom is 0.466 e. The van der Waals surface area contributed by atoms with Crippen LogP contribution >= 0.6 is 7.82 Å². The van der Waals surface area contributed by atoms with Gasteiger partial charge >= 0.3 is 7.82 Å². The Bertz CT molecular complexity index is 198. The predicted molar refractivity (Wildman–Crippen MR) is 59.4 cm³/mol. The van der Waals surface area contributed by atoms with Gasteiger partial charge in [0.15, 0.2) is 5.34 Å². The van der Waals surface area contributed by atoms with Crippen molar-refractivity contribution in [1.29, 1.82) is 0 Å². The largest absolute Gasteiger partial charge is 0.466 e. The normalized spacial score (nSPS) is 12.3. The first-order chi connectivity index (χ1) is 7.31. The van der Waals surface area contributed by atoms with Gasteiger partial charge in [0, 0.05) is 0 Å². The average molecular weight is 257 g/mol. The summed E-state index contributed by atoms with van der Waals surface area (Å²) in [7, 11) is -4.64. The van der Waals surface area contributed by atoms with Crippen LogP contribution < -0.4 is 0 Å². The molecule has 3 N–H and O–H groups in total. The average Bonchev–Trinajstić information content (AvgIpc) is 2.10. The monoisotopic (exact) mass is 257 g/mol. The zero-order chi connectivity index (χ0) is 13.0. The number of hydrogen-bond donors (Lipinski definition) is 3. The Balaban J connectivity index is 0. The molecule has 0 aromatic carbocycles. The van der Waals surface area contributed by atoms with Gasteiger partial charge < -0.3 is 19.5 Å². The van der Waals surface area contributed by atoms with Crippen molar-refractivity contribution >= 4 is 7.82 Å². The van der Waals surface area contributed by atoms with Crippen molar-refractivity contribution in [2.24, 2.45) is 5.34 Å². The summed E-state index contributed by atoms with van der Waals surface area (Å²) in [5.74, 6) is 0. The summed E-state index contributed by atoms with van der Waals surface area (Å²) in [5.41, 5.74) is 0.